The topological polar surface area (TPSA) is 93.2 Å². The number of carbonyl (C=O) groups is 4. The minimum atomic E-state index is -0.881. The van der Waals surface area contributed by atoms with Gasteiger partial charge < -0.3 is 14.4 Å². The predicted octanol–water partition coefficient (Wildman–Crippen LogP) is 0.936. The van der Waals surface area contributed by atoms with E-state index in [1.807, 2.05) is 0 Å². The van der Waals surface area contributed by atoms with Crippen molar-refractivity contribution in [2.45, 2.75) is 45.1 Å². The van der Waals surface area contributed by atoms with E-state index in [-0.39, 0.29) is 18.2 Å². The van der Waals surface area contributed by atoms with Crippen molar-refractivity contribution in [3.05, 3.63) is 0 Å². The summed E-state index contributed by atoms with van der Waals surface area (Å²) in [6.07, 6.45) is 2.00. The van der Waals surface area contributed by atoms with Crippen LogP contribution in [0.3, 0.4) is 0 Å². The number of hydrogen-bond donors (Lipinski definition) is 0. The Balaban J connectivity index is 2.43. The molecule has 1 fully saturated rings. The fourth-order valence-electron chi connectivity index (χ4n) is 2.31. The Morgan fingerprint density at radius 1 is 1.17 bits per heavy atom. The van der Waals surface area contributed by atoms with E-state index in [0.29, 0.717) is 12.8 Å². The van der Waals surface area contributed by atoms with Crippen molar-refractivity contribution >= 4 is 23.8 Å². The van der Waals surface area contributed by atoms with Gasteiger partial charge in [0, 0.05) is 27.4 Å². The number of amides is 2. The molecule has 8 heteroatoms. The van der Waals surface area contributed by atoms with E-state index in [4.69, 9.17) is 9.47 Å². The van der Waals surface area contributed by atoms with E-state index in [0.717, 1.165) is 12.8 Å². The van der Waals surface area contributed by atoms with Gasteiger partial charge in [0.1, 0.15) is 12.1 Å². The molecular formula is C15H24N2O6. The van der Waals surface area contributed by atoms with E-state index in [2.05, 4.69) is 0 Å². The van der Waals surface area contributed by atoms with Gasteiger partial charge in [0.05, 0.1) is 0 Å². The molecule has 1 aliphatic carbocycles. The molecule has 130 valence electrons. The number of rotatable bonds is 5. The summed E-state index contributed by atoms with van der Waals surface area (Å²) in [7, 11) is 2.95. The zero-order valence-corrected chi connectivity index (χ0v) is 14.1. The Morgan fingerprint density at radius 2 is 1.83 bits per heavy atom. The van der Waals surface area contributed by atoms with Crippen LogP contribution in [0, 0.1) is 0 Å². The number of likely N-dealkylation sites (N-methyl/N-ethyl adjacent to an activating group) is 2. The molecule has 23 heavy (non-hydrogen) atoms. The summed E-state index contributed by atoms with van der Waals surface area (Å²) >= 11 is 0. The zero-order chi connectivity index (χ0) is 17.6. The Hall–Kier alpha value is -2.12. The fraction of sp³-hybridized carbons (Fsp3) is 0.733. The van der Waals surface area contributed by atoms with Crippen LogP contribution in [0.15, 0.2) is 0 Å². The van der Waals surface area contributed by atoms with Crippen molar-refractivity contribution < 1.29 is 28.7 Å². The second-order valence-corrected chi connectivity index (χ2v) is 5.88. The van der Waals surface area contributed by atoms with Crippen molar-refractivity contribution in [2.24, 2.45) is 0 Å². The van der Waals surface area contributed by atoms with Crippen LogP contribution in [0.4, 0.5) is 4.79 Å². The summed E-state index contributed by atoms with van der Waals surface area (Å²) in [5, 5.41) is 0. The summed E-state index contributed by atoms with van der Waals surface area (Å²) in [5.74, 6) is -0.955. The maximum atomic E-state index is 12.1. The monoisotopic (exact) mass is 328 g/mol. The molecule has 1 aliphatic rings. The number of hydrogen-bond acceptors (Lipinski definition) is 6. The first kappa shape index (κ1) is 18.9. The van der Waals surface area contributed by atoms with Crippen molar-refractivity contribution in [2.75, 3.05) is 27.4 Å². The molecule has 0 aromatic carbocycles. The average molecular weight is 328 g/mol. The normalized spacial score (nSPS) is 20.6. The van der Waals surface area contributed by atoms with Gasteiger partial charge in [-0.3, -0.25) is 19.3 Å². The molecule has 0 aromatic heterocycles. The first-order valence-electron chi connectivity index (χ1n) is 7.49. The average Bonchev–Trinajstić information content (AvgIpc) is 2.49. The van der Waals surface area contributed by atoms with Crippen LogP contribution in [-0.4, -0.2) is 66.5 Å². The number of nitrogens with zero attached hydrogens (tertiary/aromatic N) is 2. The first-order valence-corrected chi connectivity index (χ1v) is 7.49. The van der Waals surface area contributed by atoms with E-state index in [1.165, 1.54) is 30.8 Å². The largest absolute Gasteiger partial charge is 0.426 e. The van der Waals surface area contributed by atoms with E-state index in [1.54, 1.807) is 6.92 Å². The maximum absolute atomic E-state index is 12.1. The first-order chi connectivity index (χ1) is 10.7. The lowest BCUT2D eigenvalue weighted by atomic mass is 9.81. The summed E-state index contributed by atoms with van der Waals surface area (Å²) in [6.45, 7) is 2.25. The summed E-state index contributed by atoms with van der Waals surface area (Å²) in [4.78, 5) is 48.9. The standard InChI is InChI=1S/C15H24N2O6/c1-11(18)16(3)9-13(20)22-10-23-14(21)17(4)15(2)8-6-5-7-12(15)19/h5-10H2,1-4H3/t15-/m1/s1. The Morgan fingerprint density at radius 3 is 2.39 bits per heavy atom. The predicted molar refractivity (Wildman–Crippen MR) is 80.4 cm³/mol. The maximum Gasteiger partial charge on any atom is 0.413 e. The van der Waals surface area contributed by atoms with Crippen LogP contribution in [0.2, 0.25) is 0 Å². The van der Waals surface area contributed by atoms with Gasteiger partial charge in [-0.2, -0.15) is 0 Å². The Labute approximate surface area is 135 Å². The highest BCUT2D eigenvalue weighted by atomic mass is 16.7. The molecule has 1 atom stereocenters. The Bertz CT molecular complexity index is 492. The zero-order valence-electron chi connectivity index (χ0n) is 14.1. The van der Waals surface area contributed by atoms with Crippen molar-refractivity contribution in [3.63, 3.8) is 0 Å². The molecule has 0 aromatic rings. The summed E-state index contributed by atoms with van der Waals surface area (Å²) in [6, 6.07) is 0. The van der Waals surface area contributed by atoms with Gasteiger partial charge in [-0.15, -0.1) is 0 Å². The Kier molecular flexibility index (Phi) is 6.53. The quantitative estimate of drug-likeness (QED) is 0.551. The lowest BCUT2D eigenvalue weighted by Crippen LogP contribution is -2.54. The number of Topliss-reactive ketones (excluding diaryl/α,β-unsaturated/α-hetero) is 1. The molecule has 2 amide bonds. The van der Waals surface area contributed by atoms with Crippen LogP contribution >= 0.6 is 0 Å². The highest BCUT2D eigenvalue weighted by Crippen LogP contribution is 2.29. The number of ether oxygens (including phenoxy) is 2. The smallest absolute Gasteiger partial charge is 0.413 e. The third kappa shape index (κ3) is 4.94. The highest BCUT2D eigenvalue weighted by Gasteiger charge is 2.41. The lowest BCUT2D eigenvalue weighted by Gasteiger charge is -2.39. The minimum absolute atomic E-state index is 0.00303. The minimum Gasteiger partial charge on any atom is -0.426 e. The van der Waals surface area contributed by atoms with Gasteiger partial charge in [0.25, 0.3) is 0 Å². The molecule has 1 rings (SSSR count). The third-order valence-electron chi connectivity index (χ3n) is 4.24. The summed E-state index contributed by atoms with van der Waals surface area (Å²) < 4.78 is 9.61. The van der Waals surface area contributed by atoms with Crippen molar-refractivity contribution in [1.82, 2.24) is 9.80 Å². The third-order valence-corrected chi connectivity index (χ3v) is 4.24. The molecule has 0 saturated heterocycles. The van der Waals surface area contributed by atoms with Gasteiger partial charge in [-0.1, -0.05) is 6.42 Å². The molecule has 0 unspecified atom stereocenters. The molecule has 8 nitrogen and oxygen atoms in total. The van der Waals surface area contributed by atoms with Gasteiger partial charge >= 0.3 is 12.1 Å². The van der Waals surface area contributed by atoms with Gasteiger partial charge in [0.2, 0.25) is 12.7 Å². The molecule has 0 spiro atoms. The van der Waals surface area contributed by atoms with Gasteiger partial charge in [-0.05, 0) is 19.8 Å². The van der Waals surface area contributed by atoms with Crippen LogP contribution in [-0.2, 0) is 23.9 Å². The number of esters is 1. The molecule has 0 N–H and O–H groups in total. The fourth-order valence-corrected chi connectivity index (χ4v) is 2.31. The lowest BCUT2D eigenvalue weighted by molar-refractivity contribution is -0.156. The second-order valence-electron chi connectivity index (χ2n) is 5.88. The highest BCUT2D eigenvalue weighted by molar-refractivity contribution is 5.91. The van der Waals surface area contributed by atoms with E-state index < -0.39 is 24.4 Å². The van der Waals surface area contributed by atoms with Crippen molar-refractivity contribution in [1.29, 1.82) is 0 Å². The number of ketones is 1. The second kappa shape index (κ2) is 7.94. The molecule has 0 aliphatic heterocycles. The number of carbonyl (C=O) groups excluding carboxylic acids is 4. The van der Waals surface area contributed by atoms with Gasteiger partial charge in [0.15, 0.2) is 5.78 Å². The molecule has 0 bridgehead atoms. The summed E-state index contributed by atoms with van der Waals surface area (Å²) in [5.41, 5.74) is -0.881. The van der Waals surface area contributed by atoms with Gasteiger partial charge in [-0.25, -0.2) is 4.79 Å². The van der Waals surface area contributed by atoms with Crippen molar-refractivity contribution in [3.8, 4) is 0 Å². The van der Waals surface area contributed by atoms with Crippen LogP contribution < -0.4 is 0 Å². The molecule has 1 saturated carbocycles. The molecule has 0 radical (unpaired) electrons. The molecule has 0 heterocycles. The van der Waals surface area contributed by atoms with E-state index in [9.17, 15) is 19.2 Å². The van der Waals surface area contributed by atoms with Crippen LogP contribution in [0.5, 0.6) is 0 Å². The SMILES string of the molecule is CC(=O)N(C)CC(=O)OCOC(=O)N(C)[C@]1(C)CCCCC1=O. The van der Waals surface area contributed by atoms with Crippen LogP contribution in [0.1, 0.15) is 39.5 Å². The molecular weight excluding hydrogens is 304 g/mol. The van der Waals surface area contributed by atoms with Crippen LogP contribution in [0.25, 0.3) is 0 Å². The van der Waals surface area contributed by atoms with E-state index >= 15 is 0 Å².